The van der Waals surface area contributed by atoms with Crippen LogP contribution in [0.15, 0.2) is 5.11 Å². The van der Waals surface area contributed by atoms with Crippen molar-refractivity contribution in [3.63, 3.8) is 0 Å². The largest absolute Gasteiger partial charge is 0.323 e. The van der Waals surface area contributed by atoms with Crippen molar-refractivity contribution in [3.05, 3.63) is 10.4 Å². The maximum Gasteiger partial charge on any atom is 0.323 e. The highest BCUT2D eigenvalue weighted by atomic mass is 16.2. The number of azide groups is 1. The van der Waals surface area contributed by atoms with Crippen molar-refractivity contribution >= 4 is 11.9 Å². The number of hydrogen-bond donors (Lipinski definition) is 2. The Hall–Kier alpha value is -1.75. The van der Waals surface area contributed by atoms with Crippen molar-refractivity contribution < 1.29 is 4.79 Å². The zero-order chi connectivity index (χ0) is 9.14. The molecule has 2 amide bonds. The summed E-state index contributed by atoms with van der Waals surface area (Å²) in [6, 6.07) is -0.772. The SMILES string of the molecule is CN1C(=O)NC(=N)C1CN=[N+]=[N-]. The topological polar surface area (TPSA) is 105 Å². The van der Waals surface area contributed by atoms with Gasteiger partial charge < -0.3 is 4.90 Å². The molecule has 0 saturated carbocycles. The third-order valence-corrected chi connectivity index (χ3v) is 1.68. The predicted octanol–water partition coefficient (Wildman–Crippen LogP) is 0.298. The van der Waals surface area contributed by atoms with Crippen LogP contribution in [0.25, 0.3) is 10.4 Å². The molecule has 64 valence electrons. The average molecular weight is 168 g/mol. The van der Waals surface area contributed by atoms with Gasteiger partial charge in [0.05, 0.1) is 12.6 Å². The molecule has 1 aliphatic rings. The summed E-state index contributed by atoms with van der Waals surface area (Å²) in [6.07, 6.45) is 0. The Balaban J connectivity index is 2.69. The van der Waals surface area contributed by atoms with Gasteiger partial charge in [0.15, 0.2) is 0 Å². The molecule has 7 heteroatoms. The first-order valence-electron chi connectivity index (χ1n) is 3.30. The summed E-state index contributed by atoms with van der Waals surface area (Å²) in [5.74, 6) is 0.0786. The molecular formula is C5H8N6O. The highest BCUT2D eigenvalue weighted by molar-refractivity contribution is 6.05. The lowest BCUT2D eigenvalue weighted by Crippen LogP contribution is -2.33. The first-order chi connectivity index (χ1) is 5.66. The Morgan fingerprint density at radius 2 is 2.58 bits per heavy atom. The summed E-state index contributed by atoms with van der Waals surface area (Å²) >= 11 is 0. The number of urea groups is 1. The lowest BCUT2D eigenvalue weighted by Gasteiger charge is -2.13. The summed E-state index contributed by atoms with van der Waals surface area (Å²) < 4.78 is 0. The third kappa shape index (κ3) is 1.30. The molecule has 0 aromatic rings. The van der Waals surface area contributed by atoms with Crippen molar-refractivity contribution in [3.8, 4) is 0 Å². The Morgan fingerprint density at radius 3 is 3.00 bits per heavy atom. The van der Waals surface area contributed by atoms with Gasteiger partial charge in [-0.2, -0.15) is 0 Å². The summed E-state index contributed by atoms with van der Waals surface area (Å²) in [5.41, 5.74) is 8.03. The number of amidine groups is 1. The quantitative estimate of drug-likeness (QED) is 0.345. The molecule has 1 saturated heterocycles. The van der Waals surface area contributed by atoms with Crippen molar-refractivity contribution in [2.45, 2.75) is 6.04 Å². The number of likely N-dealkylation sites (N-methyl/N-ethyl adjacent to an activating group) is 1. The van der Waals surface area contributed by atoms with Crippen LogP contribution in [-0.4, -0.2) is 36.4 Å². The molecule has 0 aliphatic carbocycles. The fourth-order valence-electron chi connectivity index (χ4n) is 0.949. The second kappa shape index (κ2) is 3.10. The number of nitrogens with one attached hydrogen (secondary N) is 2. The van der Waals surface area contributed by atoms with Gasteiger partial charge >= 0.3 is 6.03 Å². The van der Waals surface area contributed by atoms with E-state index in [-0.39, 0.29) is 18.4 Å². The van der Waals surface area contributed by atoms with Gasteiger partial charge in [-0.25, -0.2) is 4.79 Å². The van der Waals surface area contributed by atoms with Crippen molar-refractivity contribution in [1.29, 1.82) is 5.41 Å². The molecule has 1 aliphatic heterocycles. The van der Waals surface area contributed by atoms with Gasteiger partial charge in [-0.05, 0) is 5.53 Å². The minimum Gasteiger partial charge on any atom is -0.317 e. The Morgan fingerprint density at radius 1 is 1.92 bits per heavy atom. The van der Waals surface area contributed by atoms with Gasteiger partial charge in [-0.3, -0.25) is 10.7 Å². The minimum absolute atomic E-state index is 0.0786. The van der Waals surface area contributed by atoms with E-state index >= 15 is 0 Å². The second-order valence-corrected chi connectivity index (χ2v) is 2.38. The van der Waals surface area contributed by atoms with E-state index in [0.29, 0.717) is 0 Å². The highest BCUT2D eigenvalue weighted by Gasteiger charge is 2.31. The third-order valence-electron chi connectivity index (χ3n) is 1.68. The van der Waals surface area contributed by atoms with E-state index in [1.54, 1.807) is 7.05 Å². The molecule has 1 rings (SSSR count). The molecule has 7 nitrogen and oxygen atoms in total. The smallest absolute Gasteiger partial charge is 0.317 e. The van der Waals surface area contributed by atoms with Crippen LogP contribution in [0.5, 0.6) is 0 Å². The van der Waals surface area contributed by atoms with Crippen molar-refractivity contribution in [2.24, 2.45) is 5.11 Å². The number of nitrogens with zero attached hydrogens (tertiary/aromatic N) is 4. The number of amides is 2. The van der Waals surface area contributed by atoms with Crippen molar-refractivity contribution in [1.82, 2.24) is 10.2 Å². The molecule has 1 heterocycles. The van der Waals surface area contributed by atoms with E-state index in [1.807, 2.05) is 0 Å². The average Bonchev–Trinajstić information content (AvgIpc) is 2.25. The maximum absolute atomic E-state index is 10.9. The van der Waals surface area contributed by atoms with E-state index in [1.165, 1.54) is 4.90 Å². The number of carbonyl (C=O) groups is 1. The van der Waals surface area contributed by atoms with Gasteiger partial charge in [0, 0.05) is 12.0 Å². The predicted molar refractivity (Wildman–Crippen MR) is 41.8 cm³/mol. The molecule has 1 fully saturated rings. The lowest BCUT2D eigenvalue weighted by atomic mass is 10.3. The first kappa shape index (κ1) is 8.35. The van der Waals surface area contributed by atoms with Crippen molar-refractivity contribution in [2.75, 3.05) is 13.6 Å². The highest BCUT2D eigenvalue weighted by Crippen LogP contribution is 2.05. The van der Waals surface area contributed by atoms with E-state index in [9.17, 15) is 4.79 Å². The Labute approximate surface area is 68.5 Å². The monoisotopic (exact) mass is 168 g/mol. The van der Waals surface area contributed by atoms with E-state index in [4.69, 9.17) is 10.9 Å². The summed E-state index contributed by atoms with van der Waals surface area (Å²) in [6.45, 7) is 0.102. The Kier molecular flexibility index (Phi) is 2.16. The van der Waals surface area contributed by atoms with E-state index < -0.39 is 6.04 Å². The maximum atomic E-state index is 10.9. The minimum atomic E-state index is -0.437. The van der Waals surface area contributed by atoms with Gasteiger partial charge in [0.25, 0.3) is 0 Å². The molecule has 0 radical (unpaired) electrons. The molecule has 0 aromatic heterocycles. The van der Waals surface area contributed by atoms with Crippen LogP contribution in [-0.2, 0) is 0 Å². The van der Waals surface area contributed by atoms with E-state index in [2.05, 4.69) is 15.3 Å². The lowest BCUT2D eigenvalue weighted by molar-refractivity contribution is 0.218. The molecule has 0 bridgehead atoms. The second-order valence-electron chi connectivity index (χ2n) is 2.38. The number of hydrogen-bond acceptors (Lipinski definition) is 3. The normalized spacial score (nSPS) is 22.1. The molecule has 0 spiro atoms. The fourth-order valence-corrected chi connectivity index (χ4v) is 0.949. The van der Waals surface area contributed by atoms with Crippen LogP contribution in [0.3, 0.4) is 0 Å². The zero-order valence-corrected chi connectivity index (χ0v) is 6.48. The molecule has 0 aromatic carbocycles. The number of rotatable bonds is 2. The molecule has 2 N–H and O–H groups in total. The van der Waals surface area contributed by atoms with Gasteiger partial charge in [0.1, 0.15) is 5.84 Å². The van der Waals surface area contributed by atoms with Crippen LogP contribution in [0.2, 0.25) is 0 Å². The Bertz CT molecular complexity index is 267. The molecular weight excluding hydrogens is 160 g/mol. The molecule has 1 unspecified atom stereocenters. The van der Waals surface area contributed by atoms with Crippen LogP contribution >= 0.6 is 0 Å². The first-order valence-corrected chi connectivity index (χ1v) is 3.30. The van der Waals surface area contributed by atoms with Crippen LogP contribution in [0.1, 0.15) is 0 Å². The van der Waals surface area contributed by atoms with Gasteiger partial charge in [-0.15, -0.1) is 0 Å². The standard InChI is InChI=1S/C5H8N6O/c1-11-3(2-8-10-7)4(6)9-5(11)12/h3H,2H2,1H3,(H2,6,9,12). The zero-order valence-electron chi connectivity index (χ0n) is 6.48. The van der Waals surface area contributed by atoms with E-state index in [0.717, 1.165) is 0 Å². The number of carbonyl (C=O) groups excluding carboxylic acids is 1. The summed E-state index contributed by atoms with van der Waals surface area (Å²) in [7, 11) is 1.55. The molecule has 12 heavy (non-hydrogen) atoms. The molecule has 1 atom stereocenters. The van der Waals surface area contributed by atoms with Crippen LogP contribution in [0.4, 0.5) is 4.79 Å². The fraction of sp³-hybridized carbons (Fsp3) is 0.600. The van der Waals surface area contributed by atoms with Gasteiger partial charge in [-0.1, -0.05) is 5.11 Å². The summed E-state index contributed by atoms with van der Waals surface area (Å²) in [4.78, 5) is 14.8. The summed E-state index contributed by atoms with van der Waals surface area (Å²) in [5, 5.41) is 12.9. The van der Waals surface area contributed by atoms with Crippen LogP contribution in [0, 0.1) is 5.41 Å². The van der Waals surface area contributed by atoms with Gasteiger partial charge in [0.2, 0.25) is 0 Å². The van der Waals surface area contributed by atoms with Crippen LogP contribution < -0.4 is 5.32 Å².